The van der Waals surface area contributed by atoms with Crippen molar-refractivity contribution in [3.05, 3.63) is 29.8 Å². The van der Waals surface area contributed by atoms with Crippen molar-refractivity contribution >= 4 is 11.7 Å². The van der Waals surface area contributed by atoms with E-state index in [1.54, 1.807) is 0 Å². The van der Waals surface area contributed by atoms with Crippen molar-refractivity contribution in [2.45, 2.75) is 90.2 Å². The topological polar surface area (TPSA) is 87.3 Å². The van der Waals surface area contributed by atoms with Gasteiger partial charge in [0.05, 0.1) is 6.61 Å². The zero-order chi connectivity index (χ0) is 24.6. The van der Waals surface area contributed by atoms with E-state index in [9.17, 15) is 4.79 Å². The predicted molar refractivity (Wildman–Crippen MR) is 130 cm³/mol. The van der Waals surface area contributed by atoms with Gasteiger partial charge in [-0.2, -0.15) is 0 Å². The average Bonchev–Trinajstić information content (AvgIpc) is 3.08. The molecular formula is C27H40N2O6. The second kappa shape index (κ2) is 9.98. The monoisotopic (exact) mass is 488 g/mol. The van der Waals surface area contributed by atoms with Crippen LogP contribution in [0.3, 0.4) is 0 Å². The van der Waals surface area contributed by atoms with Gasteiger partial charge < -0.3 is 24.8 Å². The lowest BCUT2D eigenvalue weighted by atomic mass is 9.58. The Kier molecular flexibility index (Phi) is 7.12. The second-order valence-electron chi connectivity index (χ2n) is 10.9. The van der Waals surface area contributed by atoms with Gasteiger partial charge in [-0.1, -0.05) is 39.0 Å². The molecule has 0 aromatic heterocycles. The Bertz CT molecular complexity index is 913. The van der Waals surface area contributed by atoms with Gasteiger partial charge in [0.15, 0.2) is 18.2 Å². The first-order chi connectivity index (χ1) is 16.9. The molecule has 5 fully saturated rings. The summed E-state index contributed by atoms with van der Waals surface area (Å²) in [6, 6.07) is 7.65. The summed E-state index contributed by atoms with van der Waals surface area (Å²) in [6.45, 7) is 9.51. The van der Waals surface area contributed by atoms with Crippen LogP contribution in [0.2, 0.25) is 0 Å². The van der Waals surface area contributed by atoms with Crippen LogP contribution >= 0.6 is 0 Å². The molecular weight excluding hydrogens is 448 g/mol. The molecule has 8 heteroatoms. The van der Waals surface area contributed by atoms with Crippen LogP contribution in [0.25, 0.3) is 0 Å². The van der Waals surface area contributed by atoms with Crippen LogP contribution in [-0.4, -0.2) is 43.2 Å². The molecule has 4 aliphatic heterocycles. The number of ether oxygens (including phenoxy) is 3. The van der Waals surface area contributed by atoms with E-state index in [2.05, 4.69) is 31.4 Å². The number of anilines is 1. The molecule has 6 rings (SSSR count). The van der Waals surface area contributed by atoms with E-state index in [1.807, 2.05) is 31.2 Å². The lowest BCUT2D eigenvalue weighted by Crippen LogP contribution is -2.70. The molecule has 1 spiro atoms. The third kappa shape index (κ3) is 4.60. The zero-order valence-corrected chi connectivity index (χ0v) is 21.4. The number of amides is 2. The molecule has 1 aliphatic carbocycles. The van der Waals surface area contributed by atoms with E-state index in [1.165, 1.54) is 6.42 Å². The first-order valence-electron chi connectivity index (χ1n) is 13.3. The molecule has 1 aromatic rings. The van der Waals surface area contributed by atoms with Gasteiger partial charge >= 0.3 is 6.03 Å². The number of rotatable bonds is 7. The van der Waals surface area contributed by atoms with Crippen molar-refractivity contribution in [2.24, 2.45) is 23.7 Å². The quantitative estimate of drug-likeness (QED) is 0.416. The number of carbonyl (C=O) groups excluding carboxylic acids is 1. The Morgan fingerprint density at radius 3 is 2.80 bits per heavy atom. The van der Waals surface area contributed by atoms with Crippen molar-refractivity contribution in [2.75, 3.05) is 18.5 Å². The molecule has 4 saturated heterocycles. The molecule has 2 amide bonds. The lowest BCUT2D eigenvalue weighted by molar-refractivity contribution is -0.577. The Balaban J connectivity index is 1.14. The molecule has 8 nitrogen and oxygen atoms in total. The maximum Gasteiger partial charge on any atom is 0.319 e. The Morgan fingerprint density at radius 1 is 1.14 bits per heavy atom. The van der Waals surface area contributed by atoms with Crippen LogP contribution in [0.5, 0.6) is 0 Å². The van der Waals surface area contributed by atoms with Crippen LogP contribution in [0.15, 0.2) is 24.3 Å². The van der Waals surface area contributed by atoms with Crippen molar-refractivity contribution in [1.82, 2.24) is 5.32 Å². The van der Waals surface area contributed by atoms with E-state index >= 15 is 0 Å². The second-order valence-corrected chi connectivity index (χ2v) is 10.9. The fourth-order valence-electron chi connectivity index (χ4n) is 6.65. The molecule has 1 saturated carbocycles. The molecule has 8 atom stereocenters. The summed E-state index contributed by atoms with van der Waals surface area (Å²) in [5.74, 6) is 0.502. The average molecular weight is 489 g/mol. The van der Waals surface area contributed by atoms with Gasteiger partial charge in [0.25, 0.3) is 0 Å². The van der Waals surface area contributed by atoms with Crippen molar-refractivity contribution in [3.8, 4) is 0 Å². The van der Waals surface area contributed by atoms with Gasteiger partial charge in [0.2, 0.25) is 5.79 Å². The molecule has 0 radical (unpaired) electrons. The number of fused-ring (bicyclic) bond motifs is 2. The number of para-hydroxylation sites is 1. The number of nitrogens with one attached hydrogen (secondary N) is 2. The fraction of sp³-hybridized carbons (Fsp3) is 0.741. The molecule has 2 N–H and O–H groups in total. The number of hydrogen-bond donors (Lipinski definition) is 2. The van der Waals surface area contributed by atoms with Gasteiger partial charge in [-0.15, -0.1) is 0 Å². The lowest BCUT2D eigenvalue weighted by Gasteiger charge is -2.60. The number of aryl methyl sites for hydroxylation is 1. The largest absolute Gasteiger partial charge is 0.352 e. The Hall–Kier alpha value is -1.71. The van der Waals surface area contributed by atoms with E-state index in [0.29, 0.717) is 31.4 Å². The SMILES string of the molecule is CCc1ccccc1NC(=O)NCCCO[C@@H]1O[C@@H]2O[C@]3(C)CC[C@H]4[C@H](C)CC[C@@H]([C@H]1C)[C@@]24OO3. The van der Waals surface area contributed by atoms with Gasteiger partial charge in [-0.3, -0.25) is 0 Å². The van der Waals surface area contributed by atoms with Crippen molar-refractivity contribution in [1.29, 1.82) is 0 Å². The molecule has 2 bridgehead atoms. The Morgan fingerprint density at radius 2 is 1.97 bits per heavy atom. The van der Waals surface area contributed by atoms with E-state index in [0.717, 1.165) is 36.9 Å². The summed E-state index contributed by atoms with van der Waals surface area (Å²) >= 11 is 0. The maximum absolute atomic E-state index is 12.3. The summed E-state index contributed by atoms with van der Waals surface area (Å²) in [4.78, 5) is 24.4. The number of benzene rings is 1. The summed E-state index contributed by atoms with van der Waals surface area (Å²) in [5, 5.41) is 5.85. The molecule has 0 unspecified atom stereocenters. The molecule has 35 heavy (non-hydrogen) atoms. The normalized spacial score (nSPS) is 40.0. The smallest absolute Gasteiger partial charge is 0.319 e. The first-order valence-corrected chi connectivity index (χ1v) is 13.3. The summed E-state index contributed by atoms with van der Waals surface area (Å²) < 4.78 is 19.0. The highest BCUT2D eigenvalue weighted by molar-refractivity contribution is 5.90. The molecule has 194 valence electrons. The summed E-state index contributed by atoms with van der Waals surface area (Å²) in [6.07, 6.45) is 4.71. The van der Waals surface area contributed by atoms with Crippen molar-refractivity contribution in [3.63, 3.8) is 0 Å². The van der Waals surface area contributed by atoms with Crippen LogP contribution in [0, 0.1) is 23.7 Å². The van der Waals surface area contributed by atoms with Crippen LogP contribution in [0.1, 0.15) is 65.4 Å². The van der Waals surface area contributed by atoms with Crippen LogP contribution in [0.4, 0.5) is 10.5 Å². The molecule has 4 heterocycles. The number of hydrogen-bond acceptors (Lipinski definition) is 6. The first kappa shape index (κ1) is 25.0. The molecule has 1 aromatic carbocycles. The van der Waals surface area contributed by atoms with Crippen molar-refractivity contribution < 1.29 is 28.8 Å². The third-order valence-electron chi connectivity index (χ3n) is 8.63. The van der Waals surface area contributed by atoms with Gasteiger partial charge in [-0.25, -0.2) is 14.6 Å². The molecule has 5 aliphatic rings. The highest BCUT2D eigenvalue weighted by Gasteiger charge is 2.69. The van der Waals surface area contributed by atoms with E-state index in [4.69, 9.17) is 24.0 Å². The number of urea groups is 1. The van der Waals surface area contributed by atoms with E-state index < -0.39 is 17.7 Å². The minimum Gasteiger partial charge on any atom is -0.352 e. The Labute approximate surface area is 208 Å². The van der Waals surface area contributed by atoms with Crippen LogP contribution in [-0.2, 0) is 30.4 Å². The standard InChI is InChI=1S/C27H40N2O6/c1-5-19-9-6-7-10-22(19)29-25(30)28-15-8-16-31-23-18(3)21-12-11-17(2)20-13-14-26(4)33-24(32-23)27(20,21)35-34-26/h6-7,9-10,17-18,20-21,23-24H,5,8,11-16H2,1-4H3,(H2,28,29,30)/t17-,18-,20+,21+,23-,24-,26+,27-/m1/s1. The summed E-state index contributed by atoms with van der Waals surface area (Å²) in [7, 11) is 0. The highest BCUT2D eigenvalue weighted by Crippen LogP contribution is 2.60. The van der Waals surface area contributed by atoms with Gasteiger partial charge in [0.1, 0.15) is 0 Å². The van der Waals surface area contributed by atoms with E-state index in [-0.39, 0.29) is 24.2 Å². The van der Waals surface area contributed by atoms with Crippen LogP contribution < -0.4 is 10.6 Å². The number of carbonyl (C=O) groups is 1. The fourth-order valence-corrected chi connectivity index (χ4v) is 6.65. The highest BCUT2D eigenvalue weighted by atomic mass is 17.3. The van der Waals surface area contributed by atoms with Gasteiger partial charge in [-0.05, 0) is 62.5 Å². The predicted octanol–water partition coefficient (Wildman–Crippen LogP) is 4.99. The minimum absolute atomic E-state index is 0.151. The summed E-state index contributed by atoms with van der Waals surface area (Å²) in [5.41, 5.74) is 1.39. The zero-order valence-electron chi connectivity index (χ0n) is 21.4. The third-order valence-corrected chi connectivity index (χ3v) is 8.63. The maximum atomic E-state index is 12.3. The van der Waals surface area contributed by atoms with Gasteiger partial charge in [0, 0.05) is 30.5 Å². The minimum atomic E-state index is -0.781.